The lowest BCUT2D eigenvalue weighted by Gasteiger charge is -2.07. The summed E-state index contributed by atoms with van der Waals surface area (Å²) in [6.45, 7) is 0. The molecule has 0 aliphatic rings. The summed E-state index contributed by atoms with van der Waals surface area (Å²) in [6.07, 6.45) is -3.47. The molecule has 0 fully saturated rings. The molecule has 0 amide bonds. The Morgan fingerprint density at radius 2 is 1.82 bits per heavy atom. The summed E-state index contributed by atoms with van der Waals surface area (Å²) in [5, 5.41) is 8.98. The lowest BCUT2D eigenvalue weighted by molar-refractivity contribution is -0.137. The number of nitrogens with zero attached hydrogens (tertiary/aromatic N) is 3. The van der Waals surface area contributed by atoms with E-state index in [1.54, 1.807) is 0 Å². The van der Waals surface area contributed by atoms with E-state index in [2.05, 4.69) is 4.98 Å². The Morgan fingerprint density at radius 1 is 1.09 bits per heavy atom. The third-order valence-electron chi connectivity index (χ3n) is 3.34. The van der Waals surface area contributed by atoms with Gasteiger partial charge in [-0.05, 0) is 12.1 Å². The molecule has 22 heavy (non-hydrogen) atoms. The second-order valence-electron chi connectivity index (χ2n) is 4.75. The summed E-state index contributed by atoms with van der Waals surface area (Å²) in [6, 6.07) is 13.4. The zero-order valence-corrected chi connectivity index (χ0v) is 11.3. The summed E-state index contributed by atoms with van der Waals surface area (Å²) in [4.78, 5) is 4.37. The molecule has 0 saturated heterocycles. The van der Waals surface area contributed by atoms with Crippen LogP contribution in [-0.4, -0.2) is 9.38 Å². The zero-order valence-electron chi connectivity index (χ0n) is 11.3. The molecule has 0 spiro atoms. The number of nitriles is 1. The minimum Gasteiger partial charge on any atom is -0.302 e. The van der Waals surface area contributed by atoms with Gasteiger partial charge in [0.2, 0.25) is 0 Å². The van der Waals surface area contributed by atoms with E-state index in [9.17, 15) is 13.2 Å². The smallest absolute Gasteiger partial charge is 0.302 e. The molecule has 0 atom stereocenters. The van der Waals surface area contributed by atoms with Crippen molar-refractivity contribution in [2.45, 2.75) is 12.6 Å². The van der Waals surface area contributed by atoms with Gasteiger partial charge in [0.1, 0.15) is 5.65 Å². The first-order chi connectivity index (χ1) is 10.5. The predicted octanol–water partition coefficient (Wildman–Crippen LogP) is 4.09. The summed E-state index contributed by atoms with van der Waals surface area (Å²) < 4.78 is 39.9. The molecule has 3 rings (SSSR count). The molecule has 1 aromatic carbocycles. The molecule has 0 N–H and O–H groups in total. The van der Waals surface area contributed by atoms with Crippen LogP contribution in [0.2, 0.25) is 0 Å². The van der Waals surface area contributed by atoms with Crippen LogP contribution in [0.4, 0.5) is 13.2 Å². The van der Waals surface area contributed by atoms with E-state index in [1.165, 1.54) is 10.5 Å². The van der Waals surface area contributed by atoms with E-state index >= 15 is 0 Å². The van der Waals surface area contributed by atoms with E-state index in [4.69, 9.17) is 5.26 Å². The fourth-order valence-corrected chi connectivity index (χ4v) is 2.33. The number of hydrogen-bond donors (Lipinski definition) is 0. The van der Waals surface area contributed by atoms with Crippen LogP contribution in [0, 0.1) is 11.3 Å². The quantitative estimate of drug-likeness (QED) is 0.715. The van der Waals surface area contributed by atoms with E-state index in [1.807, 2.05) is 36.4 Å². The van der Waals surface area contributed by atoms with Crippen LogP contribution in [0.5, 0.6) is 0 Å². The van der Waals surface area contributed by atoms with Crippen molar-refractivity contribution in [3.63, 3.8) is 0 Å². The van der Waals surface area contributed by atoms with Crippen molar-refractivity contribution in [2.24, 2.45) is 0 Å². The Morgan fingerprint density at radius 3 is 2.45 bits per heavy atom. The molecule has 2 aromatic heterocycles. The number of pyridine rings is 1. The molecule has 3 nitrogen and oxygen atoms in total. The lowest BCUT2D eigenvalue weighted by atomic mass is 10.1. The fourth-order valence-electron chi connectivity index (χ4n) is 2.33. The molecule has 2 heterocycles. The Labute approximate surface area is 124 Å². The van der Waals surface area contributed by atoms with E-state index in [0.717, 1.165) is 17.8 Å². The van der Waals surface area contributed by atoms with E-state index in [0.29, 0.717) is 17.0 Å². The van der Waals surface area contributed by atoms with Crippen LogP contribution in [-0.2, 0) is 12.6 Å². The molecular formula is C16H10F3N3. The van der Waals surface area contributed by atoms with Gasteiger partial charge in [-0.2, -0.15) is 18.4 Å². The van der Waals surface area contributed by atoms with Gasteiger partial charge in [0.05, 0.1) is 29.4 Å². The zero-order chi connectivity index (χ0) is 15.7. The standard InChI is InChI=1S/C16H10F3N3/c17-16(18,19)12-6-7-14-21-15(11-4-2-1-3-5-11)13(8-9-20)22(14)10-12/h1-7,10H,8H2. The SMILES string of the molecule is N#CCc1c(-c2ccccc2)nc2ccc(C(F)(F)F)cn12. The first-order valence-electron chi connectivity index (χ1n) is 6.51. The van der Waals surface area contributed by atoms with Crippen LogP contribution in [0.15, 0.2) is 48.7 Å². The Kier molecular flexibility index (Phi) is 3.33. The van der Waals surface area contributed by atoms with Crippen molar-refractivity contribution in [1.29, 1.82) is 5.26 Å². The highest BCUT2D eigenvalue weighted by Crippen LogP contribution is 2.31. The van der Waals surface area contributed by atoms with Gasteiger partial charge in [0, 0.05) is 11.8 Å². The van der Waals surface area contributed by atoms with Gasteiger partial charge >= 0.3 is 6.18 Å². The average Bonchev–Trinajstić information content (AvgIpc) is 2.86. The number of aromatic nitrogens is 2. The third-order valence-corrected chi connectivity index (χ3v) is 3.34. The normalized spacial score (nSPS) is 11.5. The maximum absolute atomic E-state index is 12.9. The second kappa shape index (κ2) is 5.19. The van der Waals surface area contributed by atoms with Crippen molar-refractivity contribution in [1.82, 2.24) is 9.38 Å². The molecule has 3 aromatic rings. The Bertz CT molecular complexity index is 858. The lowest BCUT2D eigenvalue weighted by Crippen LogP contribution is -2.07. The van der Waals surface area contributed by atoms with E-state index in [-0.39, 0.29) is 6.42 Å². The molecule has 0 unspecified atom stereocenters. The van der Waals surface area contributed by atoms with Gasteiger partial charge in [-0.1, -0.05) is 30.3 Å². The van der Waals surface area contributed by atoms with Gasteiger partial charge in [-0.25, -0.2) is 4.98 Å². The topological polar surface area (TPSA) is 41.1 Å². The summed E-state index contributed by atoms with van der Waals surface area (Å²) in [7, 11) is 0. The summed E-state index contributed by atoms with van der Waals surface area (Å²) in [5.41, 5.74) is 1.37. The maximum Gasteiger partial charge on any atom is 0.417 e. The molecule has 0 aliphatic carbocycles. The summed E-state index contributed by atoms with van der Waals surface area (Å²) in [5.74, 6) is 0. The number of rotatable bonds is 2. The number of alkyl halides is 3. The number of benzene rings is 1. The minimum absolute atomic E-state index is 0.0211. The highest BCUT2D eigenvalue weighted by Gasteiger charge is 2.31. The highest BCUT2D eigenvalue weighted by molar-refractivity contribution is 5.67. The van der Waals surface area contributed by atoms with Crippen LogP contribution in [0.25, 0.3) is 16.9 Å². The van der Waals surface area contributed by atoms with Gasteiger partial charge in [0.15, 0.2) is 0 Å². The molecule has 0 bridgehead atoms. The first-order valence-corrected chi connectivity index (χ1v) is 6.51. The van der Waals surface area contributed by atoms with Crippen molar-refractivity contribution < 1.29 is 13.2 Å². The maximum atomic E-state index is 12.9. The number of hydrogen-bond acceptors (Lipinski definition) is 2. The second-order valence-corrected chi connectivity index (χ2v) is 4.75. The number of halogens is 3. The summed E-state index contributed by atoms with van der Waals surface area (Å²) >= 11 is 0. The van der Waals surface area contributed by atoms with Crippen LogP contribution in [0.1, 0.15) is 11.3 Å². The van der Waals surface area contributed by atoms with Crippen molar-refractivity contribution in [2.75, 3.05) is 0 Å². The van der Waals surface area contributed by atoms with Gasteiger partial charge in [0.25, 0.3) is 0 Å². The third kappa shape index (κ3) is 2.42. The largest absolute Gasteiger partial charge is 0.417 e. The number of fused-ring (bicyclic) bond motifs is 1. The average molecular weight is 301 g/mol. The number of imidazole rings is 1. The van der Waals surface area contributed by atoms with Crippen molar-refractivity contribution >= 4 is 5.65 Å². The van der Waals surface area contributed by atoms with E-state index < -0.39 is 11.7 Å². The molecule has 0 saturated carbocycles. The highest BCUT2D eigenvalue weighted by atomic mass is 19.4. The first kappa shape index (κ1) is 14.1. The van der Waals surface area contributed by atoms with Gasteiger partial charge < -0.3 is 4.40 Å². The molecule has 6 heteroatoms. The molecule has 0 radical (unpaired) electrons. The molecular weight excluding hydrogens is 291 g/mol. The predicted molar refractivity (Wildman–Crippen MR) is 74.9 cm³/mol. The van der Waals surface area contributed by atoms with Crippen molar-refractivity contribution in [3.05, 3.63) is 59.9 Å². The monoisotopic (exact) mass is 301 g/mol. The van der Waals surface area contributed by atoms with Gasteiger partial charge in [-0.3, -0.25) is 0 Å². The Balaban J connectivity index is 2.26. The van der Waals surface area contributed by atoms with Crippen LogP contribution >= 0.6 is 0 Å². The fraction of sp³-hybridized carbons (Fsp3) is 0.125. The van der Waals surface area contributed by atoms with Crippen LogP contribution in [0.3, 0.4) is 0 Å². The van der Waals surface area contributed by atoms with Crippen LogP contribution < -0.4 is 0 Å². The molecule has 0 aliphatic heterocycles. The Hall–Kier alpha value is -2.81. The van der Waals surface area contributed by atoms with Gasteiger partial charge in [-0.15, -0.1) is 0 Å². The minimum atomic E-state index is -4.44. The van der Waals surface area contributed by atoms with Crippen molar-refractivity contribution in [3.8, 4) is 17.3 Å². The molecule has 110 valence electrons.